The van der Waals surface area contributed by atoms with E-state index in [-0.39, 0.29) is 31.4 Å². The third-order valence-corrected chi connectivity index (χ3v) is 6.61. The molecule has 0 saturated heterocycles. The zero-order chi connectivity index (χ0) is 26.2. The van der Waals surface area contributed by atoms with Gasteiger partial charge in [-0.1, -0.05) is 44.2 Å². The minimum Gasteiger partial charge on any atom is -0.496 e. The van der Waals surface area contributed by atoms with Crippen molar-refractivity contribution in [3.8, 4) is 17.2 Å². The highest BCUT2D eigenvalue weighted by molar-refractivity contribution is 9.11. The number of hydrogen-bond acceptors (Lipinski definition) is 5. The second-order valence-corrected chi connectivity index (χ2v) is 10.1. The van der Waals surface area contributed by atoms with Crippen LogP contribution in [0, 0.1) is 0 Å². The van der Waals surface area contributed by atoms with E-state index in [0.717, 1.165) is 16.9 Å². The number of carbonyl (C=O) groups is 2. The Bertz CT molecular complexity index is 1190. The highest BCUT2D eigenvalue weighted by atomic mass is 79.9. The first-order valence-electron chi connectivity index (χ1n) is 11.6. The van der Waals surface area contributed by atoms with Gasteiger partial charge in [0.2, 0.25) is 5.91 Å². The topological polar surface area (TPSA) is 65.1 Å². The quantitative estimate of drug-likeness (QED) is 0.224. The molecule has 0 N–H and O–H groups in total. The maximum Gasteiger partial charge on any atom is 0.326 e. The smallest absolute Gasteiger partial charge is 0.326 e. The predicted octanol–water partition coefficient (Wildman–Crippen LogP) is 7.27. The number of esters is 1. The molecule has 0 aliphatic heterocycles. The molecular formula is C28H29Br2NO5. The number of halogens is 2. The first-order valence-corrected chi connectivity index (χ1v) is 13.2. The van der Waals surface area contributed by atoms with E-state index in [1.54, 1.807) is 26.2 Å². The fourth-order valence-electron chi connectivity index (χ4n) is 3.67. The number of nitrogens with zero attached hydrogens (tertiary/aromatic N) is 1. The predicted molar refractivity (Wildman–Crippen MR) is 148 cm³/mol. The van der Waals surface area contributed by atoms with E-state index in [1.807, 2.05) is 48.5 Å². The summed E-state index contributed by atoms with van der Waals surface area (Å²) in [4.78, 5) is 27.0. The van der Waals surface area contributed by atoms with Crippen molar-refractivity contribution >= 4 is 49.4 Å². The molecule has 0 bridgehead atoms. The summed E-state index contributed by atoms with van der Waals surface area (Å²) in [5, 5.41) is 0. The number of carbonyl (C=O) groups excluding carboxylic acids is 2. The lowest BCUT2D eigenvalue weighted by Gasteiger charge is -2.23. The SMILES string of the molecule is CCOC(=O)CN(C(=O)Cc1ccccc1)c1cc(Br)c(Oc2ccc(OC)c(C(C)C)c2)c(Br)c1. The van der Waals surface area contributed by atoms with Crippen LogP contribution in [0.1, 0.15) is 37.8 Å². The Kier molecular flexibility index (Phi) is 9.96. The normalized spacial score (nSPS) is 10.8. The third-order valence-electron chi connectivity index (χ3n) is 5.43. The van der Waals surface area contributed by atoms with Crippen molar-refractivity contribution in [2.45, 2.75) is 33.1 Å². The van der Waals surface area contributed by atoms with Gasteiger partial charge in [0.25, 0.3) is 0 Å². The monoisotopic (exact) mass is 617 g/mol. The second-order valence-electron chi connectivity index (χ2n) is 8.35. The van der Waals surface area contributed by atoms with Crippen molar-refractivity contribution in [1.29, 1.82) is 0 Å². The molecule has 0 saturated carbocycles. The van der Waals surface area contributed by atoms with Crippen molar-refractivity contribution in [2.24, 2.45) is 0 Å². The minimum absolute atomic E-state index is 0.150. The Morgan fingerprint density at radius 3 is 2.22 bits per heavy atom. The van der Waals surface area contributed by atoms with Crippen molar-refractivity contribution in [3.63, 3.8) is 0 Å². The van der Waals surface area contributed by atoms with Gasteiger partial charge in [0.15, 0.2) is 5.75 Å². The largest absolute Gasteiger partial charge is 0.496 e. The summed E-state index contributed by atoms with van der Waals surface area (Å²) in [7, 11) is 1.65. The molecule has 8 heteroatoms. The fourth-order valence-corrected chi connectivity index (χ4v) is 4.99. The summed E-state index contributed by atoms with van der Waals surface area (Å²) in [6.07, 6.45) is 0.150. The van der Waals surface area contributed by atoms with Crippen LogP contribution < -0.4 is 14.4 Å². The Morgan fingerprint density at radius 1 is 0.972 bits per heavy atom. The van der Waals surface area contributed by atoms with Crippen LogP contribution in [-0.2, 0) is 20.7 Å². The zero-order valence-corrected chi connectivity index (χ0v) is 23.9. The van der Waals surface area contributed by atoms with E-state index in [9.17, 15) is 9.59 Å². The number of amides is 1. The lowest BCUT2D eigenvalue weighted by atomic mass is 10.0. The molecular weight excluding hydrogens is 590 g/mol. The van der Waals surface area contributed by atoms with Crippen molar-refractivity contribution in [2.75, 3.05) is 25.2 Å². The van der Waals surface area contributed by atoms with Crippen molar-refractivity contribution < 1.29 is 23.8 Å². The standard InChI is InChI=1S/C28H29Br2NO5/c1-5-35-27(33)17-31(26(32)13-19-9-7-6-8-10-19)20-14-23(29)28(24(30)15-20)36-21-11-12-25(34-4)22(16-21)18(2)3/h6-12,14-16,18H,5,13,17H2,1-4H3. The van der Waals surface area contributed by atoms with Crippen LogP contribution in [0.2, 0.25) is 0 Å². The summed E-state index contributed by atoms with van der Waals surface area (Å²) in [6.45, 7) is 5.95. The average molecular weight is 619 g/mol. The lowest BCUT2D eigenvalue weighted by molar-refractivity contribution is -0.142. The van der Waals surface area contributed by atoms with Gasteiger partial charge in [0.05, 0.1) is 29.1 Å². The molecule has 0 unspecified atom stereocenters. The Balaban J connectivity index is 1.92. The zero-order valence-electron chi connectivity index (χ0n) is 20.7. The molecule has 3 aromatic carbocycles. The van der Waals surface area contributed by atoms with Crippen LogP contribution >= 0.6 is 31.9 Å². The van der Waals surface area contributed by atoms with Crippen LogP contribution in [-0.4, -0.2) is 32.1 Å². The molecule has 0 aliphatic carbocycles. The molecule has 0 heterocycles. The molecule has 1 amide bonds. The first kappa shape index (κ1) is 27.7. The van der Waals surface area contributed by atoms with E-state index < -0.39 is 5.97 Å². The van der Waals surface area contributed by atoms with Gasteiger partial charge in [0.1, 0.15) is 18.0 Å². The van der Waals surface area contributed by atoms with E-state index in [0.29, 0.717) is 26.1 Å². The summed E-state index contributed by atoms with van der Waals surface area (Å²) in [5.41, 5.74) is 2.42. The Hall–Kier alpha value is -2.84. The summed E-state index contributed by atoms with van der Waals surface area (Å²) < 4.78 is 18.0. The van der Waals surface area contributed by atoms with E-state index in [2.05, 4.69) is 45.7 Å². The lowest BCUT2D eigenvalue weighted by Crippen LogP contribution is -2.37. The van der Waals surface area contributed by atoms with Gasteiger partial charge in [-0.3, -0.25) is 9.59 Å². The van der Waals surface area contributed by atoms with Crippen molar-refractivity contribution in [1.82, 2.24) is 0 Å². The molecule has 3 aromatic rings. The highest BCUT2D eigenvalue weighted by Gasteiger charge is 2.23. The van der Waals surface area contributed by atoms with Gasteiger partial charge in [-0.15, -0.1) is 0 Å². The van der Waals surface area contributed by atoms with Crippen LogP contribution in [0.15, 0.2) is 69.6 Å². The first-order chi connectivity index (χ1) is 17.2. The van der Waals surface area contributed by atoms with Gasteiger partial charge in [0, 0.05) is 11.3 Å². The molecule has 0 fully saturated rings. The van der Waals surface area contributed by atoms with Gasteiger partial charge >= 0.3 is 5.97 Å². The number of benzene rings is 3. The molecule has 6 nitrogen and oxygen atoms in total. The maximum absolute atomic E-state index is 13.3. The molecule has 36 heavy (non-hydrogen) atoms. The average Bonchev–Trinajstić information content (AvgIpc) is 2.85. The highest BCUT2D eigenvalue weighted by Crippen LogP contribution is 2.41. The van der Waals surface area contributed by atoms with Crippen LogP contribution in [0.4, 0.5) is 5.69 Å². The van der Waals surface area contributed by atoms with Crippen LogP contribution in [0.5, 0.6) is 17.2 Å². The molecule has 0 aliphatic rings. The fraction of sp³-hybridized carbons (Fsp3) is 0.286. The number of methoxy groups -OCH3 is 1. The number of ether oxygens (including phenoxy) is 3. The van der Waals surface area contributed by atoms with Crippen LogP contribution in [0.25, 0.3) is 0 Å². The van der Waals surface area contributed by atoms with Crippen molar-refractivity contribution in [3.05, 3.63) is 80.7 Å². The van der Waals surface area contributed by atoms with Gasteiger partial charge in [-0.2, -0.15) is 0 Å². The maximum atomic E-state index is 13.3. The number of rotatable bonds is 10. The number of hydrogen-bond donors (Lipinski definition) is 0. The summed E-state index contributed by atoms with van der Waals surface area (Å²) in [6, 6.07) is 18.6. The van der Waals surface area contributed by atoms with E-state index >= 15 is 0 Å². The third kappa shape index (κ3) is 7.11. The second kappa shape index (κ2) is 12.9. The summed E-state index contributed by atoms with van der Waals surface area (Å²) in [5.74, 6) is 1.55. The molecule has 3 rings (SSSR count). The minimum atomic E-state index is -0.481. The number of anilines is 1. The van der Waals surface area contributed by atoms with Crippen LogP contribution in [0.3, 0.4) is 0 Å². The molecule has 0 aromatic heterocycles. The molecule has 0 spiro atoms. The Labute approximate surface area is 228 Å². The van der Waals surface area contributed by atoms with Gasteiger partial charge in [-0.05, 0) is 80.6 Å². The van der Waals surface area contributed by atoms with Gasteiger partial charge in [-0.25, -0.2) is 0 Å². The molecule has 0 radical (unpaired) electrons. The Morgan fingerprint density at radius 2 is 1.64 bits per heavy atom. The van der Waals surface area contributed by atoms with E-state index in [4.69, 9.17) is 14.2 Å². The molecule has 0 atom stereocenters. The summed E-state index contributed by atoms with van der Waals surface area (Å²) >= 11 is 7.16. The molecule has 190 valence electrons. The van der Waals surface area contributed by atoms with Gasteiger partial charge < -0.3 is 19.1 Å². The van der Waals surface area contributed by atoms with E-state index in [1.165, 1.54) is 4.90 Å².